The minimum Gasteiger partial charge on any atom is -0.378 e. The van der Waals surface area contributed by atoms with Crippen molar-refractivity contribution in [2.45, 2.75) is 19.5 Å². The Labute approximate surface area is 133 Å². The smallest absolute Gasteiger partial charge is 0.126 e. The monoisotopic (exact) mass is 313 g/mol. The Bertz CT molecular complexity index is 746. The van der Waals surface area contributed by atoms with E-state index in [9.17, 15) is 0 Å². The SMILES string of the molecule is Cc1cnc([C@@H]2COCCN2Cc2cc3ccccc3s2)[nH]1. The van der Waals surface area contributed by atoms with Crippen LogP contribution >= 0.6 is 11.3 Å². The summed E-state index contributed by atoms with van der Waals surface area (Å²) < 4.78 is 7.03. The van der Waals surface area contributed by atoms with Crippen LogP contribution in [0.1, 0.15) is 22.4 Å². The predicted molar refractivity (Wildman–Crippen MR) is 89.1 cm³/mol. The first-order valence-corrected chi connectivity index (χ1v) is 8.42. The largest absolute Gasteiger partial charge is 0.378 e. The molecule has 1 aliphatic rings. The van der Waals surface area contributed by atoms with Crippen molar-refractivity contribution in [1.29, 1.82) is 0 Å². The normalized spacial score (nSPS) is 19.8. The molecule has 0 amide bonds. The summed E-state index contributed by atoms with van der Waals surface area (Å²) in [5, 5.41) is 1.33. The van der Waals surface area contributed by atoms with Crippen LogP contribution in [0.4, 0.5) is 0 Å². The van der Waals surface area contributed by atoms with Crippen LogP contribution in [0.5, 0.6) is 0 Å². The Hall–Kier alpha value is -1.69. The molecule has 3 aromatic rings. The molecule has 1 atom stereocenters. The van der Waals surface area contributed by atoms with Crippen molar-refractivity contribution in [2.75, 3.05) is 19.8 Å². The summed E-state index contributed by atoms with van der Waals surface area (Å²) in [7, 11) is 0. The summed E-state index contributed by atoms with van der Waals surface area (Å²) in [4.78, 5) is 11.7. The lowest BCUT2D eigenvalue weighted by Gasteiger charge is -2.34. The molecule has 1 aromatic carbocycles. The molecule has 5 heteroatoms. The van der Waals surface area contributed by atoms with E-state index in [-0.39, 0.29) is 6.04 Å². The second kappa shape index (κ2) is 5.83. The van der Waals surface area contributed by atoms with Crippen LogP contribution < -0.4 is 0 Å². The Kier molecular flexibility index (Phi) is 3.70. The number of H-pyrrole nitrogens is 1. The average molecular weight is 313 g/mol. The maximum absolute atomic E-state index is 5.67. The molecule has 2 aromatic heterocycles. The number of aromatic amines is 1. The number of nitrogens with zero attached hydrogens (tertiary/aromatic N) is 2. The number of thiophene rings is 1. The van der Waals surface area contributed by atoms with Crippen LogP contribution in [0, 0.1) is 6.92 Å². The van der Waals surface area contributed by atoms with Crippen molar-refractivity contribution in [1.82, 2.24) is 14.9 Å². The molecule has 0 bridgehead atoms. The Morgan fingerprint density at radius 2 is 2.32 bits per heavy atom. The van der Waals surface area contributed by atoms with Gasteiger partial charge >= 0.3 is 0 Å². The van der Waals surface area contributed by atoms with Crippen molar-refractivity contribution in [3.05, 3.63) is 52.9 Å². The predicted octanol–water partition coefficient (Wildman–Crippen LogP) is 3.51. The number of nitrogens with one attached hydrogen (secondary N) is 1. The number of imidazole rings is 1. The lowest BCUT2D eigenvalue weighted by atomic mass is 10.2. The highest BCUT2D eigenvalue weighted by Gasteiger charge is 2.27. The number of morpholine rings is 1. The maximum atomic E-state index is 5.67. The van der Waals surface area contributed by atoms with Crippen molar-refractivity contribution in [3.8, 4) is 0 Å². The van der Waals surface area contributed by atoms with Gasteiger partial charge in [0.15, 0.2) is 0 Å². The van der Waals surface area contributed by atoms with Crippen molar-refractivity contribution >= 4 is 21.4 Å². The lowest BCUT2D eigenvalue weighted by molar-refractivity contribution is -0.0152. The van der Waals surface area contributed by atoms with Gasteiger partial charge in [-0.2, -0.15) is 0 Å². The highest BCUT2D eigenvalue weighted by Crippen LogP contribution is 2.30. The molecule has 1 saturated heterocycles. The van der Waals surface area contributed by atoms with Gasteiger partial charge in [0.1, 0.15) is 5.82 Å². The third-order valence-electron chi connectivity index (χ3n) is 4.11. The quantitative estimate of drug-likeness (QED) is 0.804. The van der Waals surface area contributed by atoms with Gasteiger partial charge in [0.2, 0.25) is 0 Å². The second-order valence-electron chi connectivity index (χ2n) is 5.76. The third-order valence-corrected chi connectivity index (χ3v) is 5.21. The van der Waals surface area contributed by atoms with Gasteiger partial charge in [0.05, 0.1) is 19.3 Å². The van der Waals surface area contributed by atoms with Crippen molar-refractivity contribution in [3.63, 3.8) is 0 Å². The number of ether oxygens (including phenoxy) is 1. The summed E-state index contributed by atoms with van der Waals surface area (Å²) in [6.45, 7) is 5.43. The van der Waals surface area contributed by atoms with Crippen molar-refractivity contribution in [2.24, 2.45) is 0 Å². The number of fused-ring (bicyclic) bond motifs is 1. The van der Waals surface area contributed by atoms with Crippen LogP contribution in [0.25, 0.3) is 10.1 Å². The number of hydrogen-bond donors (Lipinski definition) is 1. The number of rotatable bonds is 3. The van der Waals surface area contributed by atoms with E-state index >= 15 is 0 Å². The van der Waals surface area contributed by atoms with Crippen LogP contribution in [-0.2, 0) is 11.3 Å². The summed E-state index contributed by atoms with van der Waals surface area (Å²) >= 11 is 1.88. The van der Waals surface area contributed by atoms with Crippen LogP contribution in [-0.4, -0.2) is 34.6 Å². The molecule has 0 radical (unpaired) electrons. The van der Waals surface area contributed by atoms with Crippen LogP contribution in [0.15, 0.2) is 36.5 Å². The molecule has 1 N–H and O–H groups in total. The van der Waals surface area contributed by atoms with Crippen LogP contribution in [0.3, 0.4) is 0 Å². The van der Waals surface area contributed by atoms with Crippen molar-refractivity contribution < 1.29 is 4.74 Å². The molecule has 4 rings (SSSR count). The molecule has 1 aliphatic heterocycles. The topological polar surface area (TPSA) is 41.1 Å². The van der Waals surface area contributed by atoms with Gasteiger partial charge in [-0.15, -0.1) is 11.3 Å². The van der Waals surface area contributed by atoms with Gasteiger partial charge in [-0.25, -0.2) is 4.98 Å². The molecule has 1 fully saturated rings. The second-order valence-corrected chi connectivity index (χ2v) is 6.93. The fourth-order valence-electron chi connectivity index (χ4n) is 3.00. The van der Waals surface area contributed by atoms with E-state index in [4.69, 9.17) is 4.74 Å². The maximum Gasteiger partial charge on any atom is 0.126 e. The summed E-state index contributed by atoms with van der Waals surface area (Å²) in [6.07, 6.45) is 1.89. The van der Waals surface area contributed by atoms with Gasteiger partial charge in [0, 0.05) is 34.6 Å². The number of aromatic nitrogens is 2. The first-order valence-electron chi connectivity index (χ1n) is 7.60. The molecule has 3 heterocycles. The number of benzene rings is 1. The van der Waals surface area contributed by atoms with E-state index < -0.39 is 0 Å². The zero-order valence-electron chi connectivity index (χ0n) is 12.6. The van der Waals surface area contributed by atoms with E-state index in [0.29, 0.717) is 6.61 Å². The number of aryl methyl sites for hydroxylation is 1. The first kappa shape index (κ1) is 13.9. The average Bonchev–Trinajstić information content (AvgIpc) is 3.13. The molecule has 4 nitrogen and oxygen atoms in total. The van der Waals surface area contributed by atoms with E-state index in [1.165, 1.54) is 15.0 Å². The van der Waals surface area contributed by atoms with Gasteiger partial charge in [-0.05, 0) is 24.4 Å². The van der Waals surface area contributed by atoms with E-state index in [2.05, 4.69) is 45.2 Å². The summed E-state index contributed by atoms with van der Waals surface area (Å²) in [5.74, 6) is 1.01. The van der Waals surface area contributed by atoms with Gasteiger partial charge < -0.3 is 9.72 Å². The molecule has 0 unspecified atom stereocenters. The molecular formula is C17H19N3OS. The minimum absolute atomic E-state index is 0.215. The van der Waals surface area contributed by atoms with Gasteiger partial charge in [-0.1, -0.05) is 18.2 Å². The lowest BCUT2D eigenvalue weighted by Crippen LogP contribution is -2.39. The Morgan fingerprint density at radius 3 is 3.14 bits per heavy atom. The molecule has 114 valence electrons. The van der Waals surface area contributed by atoms with E-state index in [1.54, 1.807) is 0 Å². The number of hydrogen-bond acceptors (Lipinski definition) is 4. The molecule has 0 spiro atoms. The fraction of sp³-hybridized carbons (Fsp3) is 0.353. The van der Waals surface area contributed by atoms with E-state index in [1.807, 2.05) is 24.5 Å². The molecular weight excluding hydrogens is 294 g/mol. The summed E-state index contributed by atoms with van der Waals surface area (Å²) in [5.41, 5.74) is 1.10. The van der Waals surface area contributed by atoms with Crippen LogP contribution in [0.2, 0.25) is 0 Å². The van der Waals surface area contributed by atoms with Gasteiger partial charge in [0.25, 0.3) is 0 Å². The zero-order valence-corrected chi connectivity index (χ0v) is 13.4. The Morgan fingerprint density at radius 1 is 1.41 bits per heavy atom. The minimum atomic E-state index is 0.215. The Balaban J connectivity index is 1.59. The van der Waals surface area contributed by atoms with E-state index in [0.717, 1.165) is 31.2 Å². The third kappa shape index (κ3) is 2.67. The van der Waals surface area contributed by atoms with Gasteiger partial charge in [-0.3, -0.25) is 4.90 Å². The standard InChI is InChI=1S/C17H19N3OS/c1-12-9-18-17(19-12)15-11-21-7-6-20(15)10-14-8-13-4-2-3-5-16(13)22-14/h2-5,8-9,15H,6-7,10-11H2,1H3,(H,18,19)/t15-/m0/s1. The first-order chi connectivity index (χ1) is 10.8. The summed E-state index contributed by atoms with van der Waals surface area (Å²) in [6, 6.07) is 11.1. The molecule has 22 heavy (non-hydrogen) atoms. The highest BCUT2D eigenvalue weighted by molar-refractivity contribution is 7.19. The zero-order chi connectivity index (χ0) is 14.9. The fourth-order valence-corrected chi connectivity index (χ4v) is 4.09. The molecule has 0 saturated carbocycles. The highest BCUT2D eigenvalue weighted by atomic mass is 32.1. The molecule has 0 aliphatic carbocycles.